The van der Waals surface area contributed by atoms with Crippen molar-refractivity contribution in [3.63, 3.8) is 0 Å². The van der Waals surface area contributed by atoms with E-state index in [4.69, 9.17) is 17.0 Å². The minimum absolute atomic E-state index is 0.0672. The molecule has 1 fully saturated rings. The molecule has 4 aromatic rings. The van der Waals surface area contributed by atoms with Crippen LogP contribution < -0.4 is 15.4 Å². The molecule has 2 heterocycles. The summed E-state index contributed by atoms with van der Waals surface area (Å²) in [6.07, 6.45) is -8.56. The molecule has 0 unspecified atom stereocenters. The Labute approximate surface area is 229 Å². The van der Waals surface area contributed by atoms with Gasteiger partial charge in [0, 0.05) is 23.1 Å². The number of hydrogen-bond acceptors (Lipinski definition) is 3. The standard InChI is InChI=1S/C28H19F6N3O2S/c29-27(30,31)19-7-6-17(22(12-19)28(32,33)34)14-37-20(13-23-25(38)36-26(40)35-23)10-18-11-21(8-9-24(18)37)39-15-16-4-2-1-3-5-16/h1-13H,14-15H2,(H2,35,36,38,40)/b23-13-. The number of rotatable bonds is 6. The summed E-state index contributed by atoms with van der Waals surface area (Å²) in [5.74, 6) is -0.0321. The van der Waals surface area contributed by atoms with Crippen LogP contribution in [-0.4, -0.2) is 15.6 Å². The van der Waals surface area contributed by atoms with Crippen LogP contribution in [-0.2, 0) is 30.3 Å². The number of nitrogens with zero attached hydrogens (tertiary/aromatic N) is 1. The Morgan fingerprint density at radius 3 is 2.27 bits per heavy atom. The summed E-state index contributed by atoms with van der Waals surface area (Å²) in [7, 11) is 0. The first-order valence-electron chi connectivity index (χ1n) is 11.8. The van der Waals surface area contributed by atoms with Crippen LogP contribution in [0.1, 0.15) is 27.9 Å². The molecule has 0 spiro atoms. The molecule has 2 N–H and O–H groups in total. The molecular weight excluding hydrogens is 556 g/mol. The van der Waals surface area contributed by atoms with E-state index < -0.39 is 35.9 Å². The quantitative estimate of drug-likeness (QED) is 0.154. The first kappa shape index (κ1) is 27.3. The second kappa shape index (κ2) is 10.3. The number of amides is 1. The number of carbonyl (C=O) groups excluding carboxylic acids is 1. The van der Waals surface area contributed by atoms with E-state index in [-0.39, 0.29) is 29.0 Å². The Balaban J connectivity index is 1.58. The van der Waals surface area contributed by atoms with Crippen molar-refractivity contribution < 1.29 is 35.9 Å². The third-order valence-corrected chi connectivity index (χ3v) is 6.44. The second-order valence-electron chi connectivity index (χ2n) is 8.98. The average Bonchev–Trinajstić information content (AvgIpc) is 3.39. The van der Waals surface area contributed by atoms with Crippen LogP contribution in [0.25, 0.3) is 17.0 Å². The molecule has 206 valence electrons. The van der Waals surface area contributed by atoms with Gasteiger partial charge in [-0.15, -0.1) is 0 Å². The maximum absolute atomic E-state index is 13.9. The highest BCUT2D eigenvalue weighted by Gasteiger charge is 2.38. The molecule has 5 rings (SSSR count). The Morgan fingerprint density at radius 2 is 1.62 bits per heavy atom. The number of thiocarbonyl (C=S) groups is 1. The van der Waals surface area contributed by atoms with Gasteiger partial charge in [-0.2, -0.15) is 26.3 Å². The summed E-state index contributed by atoms with van der Waals surface area (Å²) in [6, 6.07) is 17.6. The molecule has 0 saturated carbocycles. The summed E-state index contributed by atoms with van der Waals surface area (Å²) in [5.41, 5.74) is -1.37. The lowest BCUT2D eigenvalue weighted by Crippen LogP contribution is -2.21. The smallest absolute Gasteiger partial charge is 0.416 e. The SMILES string of the molecule is O=C1NC(=S)N/C1=C\c1cc2cc(OCc3ccccc3)ccc2n1Cc1ccc(C(F)(F)F)cc1C(F)(F)F. The Morgan fingerprint density at radius 1 is 0.875 bits per heavy atom. The van der Waals surface area contributed by atoms with E-state index in [0.29, 0.717) is 28.4 Å². The van der Waals surface area contributed by atoms with Crippen LogP contribution in [0.4, 0.5) is 26.3 Å². The van der Waals surface area contributed by atoms with Crippen molar-refractivity contribution in [2.75, 3.05) is 0 Å². The molecule has 0 radical (unpaired) electrons. The molecular formula is C28H19F6N3O2S. The van der Waals surface area contributed by atoms with Gasteiger partial charge in [0.15, 0.2) is 5.11 Å². The summed E-state index contributed by atoms with van der Waals surface area (Å²) >= 11 is 4.95. The molecule has 0 atom stereocenters. The molecule has 0 bridgehead atoms. The van der Waals surface area contributed by atoms with Crippen LogP contribution >= 0.6 is 12.2 Å². The summed E-state index contributed by atoms with van der Waals surface area (Å²) in [5, 5.41) is 5.74. The van der Waals surface area contributed by atoms with E-state index >= 15 is 0 Å². The predicted molar refractivity (Wildman–Crippen MR) is 140 cm³/mol. The van der Waals surface area contributed by atoms with Crippen molar-refractivity contribution in [1.82, 2.24) is 15.2 Å². The normalized spacial score (nSPS) is 15.0. The number of hydrogen-bond donors (Lipinski definition) is 2. The lowest BCUT2D eigenvalue weighted by Gasteiger charge is -2.18. The van der Waals surface area contributed by atoms with Crippen LogP contribution in [0.5, 0.6) is 5.75 Å². The van der Waals surface area contributed by atoms with E-state index in [1.165, 1.54) is 10.6 Å². The van der Waals surface area contributed by atoms with E-state index in [1.54, 1.807) is 24.3 Å². The maximum Gasteiger partial charge on any atom is 0.416 e. The average molecular weight is 576 g/mol. The fraction of sp³-hybridized carbons (Fsp3) is 0.143. The number of alkyl halides is 6. The van der Waals surface area contributed by atoms with Gasteiger partial charge in [0.05, 0.1) is 11.1 Å². The van der Waals surface area contributed by atoms with Gasteiger partial charge in [0.2, 0.25) is 0 Å². The second-order valence-corrected chi connectivity index (χ2v) is 9.39. The Hall–Kier alpha value is -4.32. The zero-order valence-electron chi connectivity index (χ0n) is 20.4. The van der Waals surface area contributed by atoms with Crippen molar-refractivity contribution in [3.8, 4) is 5.75 Å². The summed E-state index contributed by atoms with van der Waals surface area (Å²) in [6.45, 7) is -0.141. The van der Waals surface area contributed by atoms with Gasteiger partial charge in [0.25, 0.3) is 5.91 Å². The van der Waals surface area contributed by atoms with Crippen molar-refractivity contribution >= 4 is 40.2 Å². The summed E-state index contributed by atoms with van der Waals surface area (Å²) in [4.78, 5) is 12.3. The first-order valence-corrected chi connectivity index (χ1v) is 12.2. The third kappa shape index (κ3) is 5.81. The first-order chi connectivity index (χ1) is 18.9. The fourth-order valence-electron chi connectivity index (χ4n) is 4.35. The Bertz CT molecular complexity index is 1640. The number of carbonyl (C=O) groups is 1. The molecule has 1 aliphatic heterocycles. The van der Waals surface area contributed by atoms with Crippen LogP contribution in [0, 0.1) is 0 Å². The minimum Gasteiger partial charge on any atom is -0.489 e. The molecule has 5 nitrogen and oxygen atoms in total. The largest absolute Gasteiger partial charge is 0.489 e. The van der Waals surface area contributed by atoms with E-state index in [0.717, 1.165) is 11.6 Å². The number of nitrogens with one attached hydrogen (secondary N) is 2. The molecule has 3 aromatic carbocycles. The number of fused-ring (bicyclic) bond motifs is 1. The van der Waals surface area contributed by atoms with Crippen molar-refractivity contribution in [3.05, 3.63) is 106 Å². The van der Waals surface area contributed by atoms with Crippen molar-refractivity contribution in [1.29, 1.82) is 0 Å². The lowest BCUT2D eigenvalue weighted by atomic mass is 10.0. The highest BCUT2D eigenvalue weighted by atomic mass is 32.1. The van der Waals surface area contributed by atoms with Gasteiger partial charge in [-0.1, -0.05) is 36.4 Å². The Kier molecular flexibility index (Phi) is 7.05. The van der Waals surface area contributed by atoms with Gasteiger partial charge < -0.3 is 14.6 Å². The molecule has 1 amide bonds. The lowest BCUT2D eigenvalue weighted by molar-refractivity contribution is -0.143. The van der Waals surface area contributed by atoms with E-state index in [9.17, 15) is 31.1 Å². The zero-order chi connectivity index (χ0) is 28.7. The molecule has 40 heavy (non-hydrogen) atoms. The maximum atomic E-state index is 13.9. The number of aromatic nitrogens is 1. The van der Waals surface area contributed by atoms with Crippen molar-refractivity contribution in [2.45, 2.75) is 25.5 Å². The van der Waals surface area contributed by atoms with E-state index in [1.807, 2.05) is 30.3 Å². The molecule has 12 heteroatoms. The predicted octanol–water partition coefficient (Wildman–Crippen LogP) is 6.65. The van der Waals surface area contributed by atoms with Crippen LogP contribution in [0.15, 0.2) is 78.5 Å². The van der Waals surface area contributed by atoms with Gasteiger partial charge in [-0.25, -0.2) is 0 Å². The van der Waals surface area contributed by atoms with Crippen LogP contribution in [0.3, 0.4) is 0 Å². The van der Waals surface area contributed by atoms with Crippen LogP contribution in [0.2, 0.25) is 0 Å². The minimum atomic E-state index is -5.03. The van der Waals surface area contributed by atoms with Gasteiger partial charge in [-0.3, -0.25) is 10.1 Å². The van der Waals surface area contributed by atoms with Gasteiger partial charge in [-0.05, 0) is 65.8 Å². The topological polar surface area (TPSA) is 55.3 Å². The van der Waals surface area contributed by atoms with Gasteiger partial charge >= 0.3 is 12.4 Å². The number of halogens is 6. The molecule has 1 aliphatic rings. The highest BCUT2D eigenvalue weighted by Crippen LogP contribution is 2.38. The highest BCUT2D eigenvalue weighted by molar-refractivity contribution is 7.80. The zero-order valence-corrected chi connectivity index (χ0v) is 21.2. The fourth-order valence-corrected chi connectivity index (χ4v) is 4.55. The van der Waals surface area contributed by atoms with E-state index in [2.05, 4.69) is 10.6 Å². The third-order valence-electron chi connectivity index (χ3n) is 6.24. The number of benzene rings is 3. The van der Waals surface area contributed by atoms with Crippen molar-refractivity contribution in [2.24, 2.45) is 0 Å². The monoisotopic (exact) mass is 575 g/mol. The molecule has 1 saturated heterocycles. The van der Waals surface area contributed by atoms with Gasteiger partial charge in [0.1, 0.15) is 18.1 Å². The molecule has 1 aromatic heterocycles. The molecule has 0 aliphatic carbocycles. The number of ether oxygens (including phenoxy) is 1. The summed E-state index contributed by atoms with van der Waals surface area (Å²) < 4.78 is 88.6.